The van der Waals surface area contributed by atoms with Gasteiger partial charge in [-0.15, -0.1) is 0 Å². The molecule has 0 bridgehead atoms. The minimum absolute atomic E-state index is 0.0738. The highest BCUT2D eigenvalue weighted by Crippen LogP contribution is 2.34. The Morgan fingerprint density at radius 2 is 1.53 bits per heavy atom. The lowest BCUT2D eigenvalue weighted by molar-refractivity contribution is -0.192. The topological polar surface area (TPSA) is 142 Å². The lowest BCUT2D eigenvalue weighted by atomic mass is 10.0. The number of amides is 1. The van der Waals surface area contributed by atoms with Crippen LogP contribution in [0, 0.1) is 11.7 Å². The van der Waals surface area contributed by atoms with Gasteiger partial charge in [0.1, 0.15) is 11.9 Å². The highest BCUT2D eigenvalue weighted by molar-refractivity contribution is 7.22. The first-order valence-corrected chi connectivity index (χ1v) is 13.5. The molecule has 9 nitrogen and oxygen atoms in total. The van der Waals surface area contributed by atoms with Crippen LogP contribution >= 0.6 is 11.3 Å². The van der Waals surface area contributed by atoms with Crippen molar-refractivity contribution < 1.29 is 55.3 Å². The average Bonchev–Trinajstić information content (AvgIpc) is 3.34. The third-order valence-corrected chi connectivity index (χ3v) is 6.73. The molecular formula is C28H23F7N4O5S. The number of alkyl halides is 6. The van der Waals surface area contributed by atoms with Crippen molar-refractivity contribution in [1.29, 1.82) is 0 Å². The zero-order chi connectivity index (χ0) is 33.7. The van der Waals surface area contributed by atoms with Gasteiger partial charge in [-0.25, -0.2) is 19.0 Å². The van der Waals surface area contributed by atoms with Crippen molar-refractivity contribution in [3.63, 3.8) is 0 Å². The minimum Gasteiger partial charge on any atom is -0.480 e. The van der Waals surface area contributed by atoms with Gasteiger partial charge in [-0.05, 0) is 53.8 Å². The Hall–Kier alpha value is -4.80. The second kappa shape index (κ2) is 13.9. The number of aliphatic carboxylic acids is 2. The molecule has 45 heavy (non-hydrogen) atoms. The van der Waals surface area contributed by atoms with E-state index in [9.17, 15) is 45.4 Å². The van der Waals surface area contributed by atoms with Crippen molar-refractivity contribution >= 4 is 50.3 Å². The summed E-state index contributed by atoms with van der Waals surface area (Å²) in [5.41, 5.74) is 0.698. The molecule has 0 aliphatic rings. The number of carboxylic acids is 2. The molecule has 2 aromatic heterocycles. The lowest BCUT2D eigenvalue weighted by Crippen LogP contribution is -2.41. The number of hydrogen-bond acceptors (Lipinski definition) is 7. The van der Waals surface area contributed by atoms with Crippen LogP contribution in [0.15, 0.2) is 54.7 Å². The maximum atomic E-state index is 14.9. The van der Waals surface area contributed by atoms with Crippen molar-refractivity contribution in [2.75, 3.05) is 5.32 Å². The fourth-order valence-electron chi connectivity index (χ4n) is 3.69. The predicted octanol–water partition coefficient (Wildman–Crippen LogP) is 7.12. The van der Waals surface area contributed by atoms with Gasteiger partial charge in [0.15, 0.2) is 10.8 Å². The third kappa shape index (κ3) is 9.59. The van der Waals surface area contributed by atoms with Crippen molar-refractivity contribution in [2.45, 2.75) is 38.7 Å². The molecule has 17 heteroatoms. The fourth-order valence-corrected chi connectivity index (χ4v) is 4.56. The summed E-state index contributed by atoms with van der Waals surface area (Å²) in [6, 6.07) is 10.6. The quantitative estimate of drug-likeness (QED) is 0.146. The number of pyridine rings is 1. The van der Waals surface area contributed by atoms with E-state index in [0.717, 1.165) is 17.4 Å². The van der Waals surface area contributed by atoms with E-state index in [2.05, 4.69) is 20.6 Å². The summed E-state index contributed by atoms with van der Waals surface area (Å²) in [6.45, 7) is 3.72. The molecule has 0 saturated heterocycles. The molecule has 2 heterocycles. The maximum absolute atomic E-state index is 14.9. The molecule has 4 aromatic rings. The van der Waals surface area contributed by atoms with E-state index in [4.69, 9.17) is 9.90 Å². The number of nitrogens with one attached hydrogen (secondary N) is 2. The van der Waals surface area contributed by atoms with Crippen LogP contribution in [-0.4, -0.2) is 50.2 Å². The molecular weight excluding hydrogens is 637 g/mol. The summed E-state index contributed by atoms with van der Waals surface area (Å²) >= 11 is 0.919. The van der Waals surface area contributed by atoms with Gasteiger partial charge in [0.25, 0.3) is 5.91 Å². The molecule has 1 amide bonds. The van der Waals surface area contributed by atoms with Crippen LogP contribution in [0.3, 0.4) is 0 Å². The van der Waals surface area contributed by atoms with Crippen LogP contribution in [0.1, 0.15) is 36.2 Å². The van der Waals surface area contributed by atoms with Gasteiger partial charge < -0.3 is 20.8 Å². The summed E-state index contributed by atoms with van der Waals surface area (Å²) in [6.07, 6.45) is -8.62. The molecule has 0 aliphatic carbocycles. The Morgan fingerprint density at radius 3 is 2.04 bits per heavy atom. The number of carbonyl (C=O) groups excluding carboxylic acids is 1. The van der Waals surface area contributed by atoms with E-state index in [1.165, 1.54) is 24.3 Å². The lowest BCUT2D eigenvalue weighted by Gasteiger charge is -2.16. The van der Waals surface area contributed by atoms with E-state index < -0.39 is 47.6 Å². The van der Waals surface area contributed by atoms with E-state index >= 15 is 0 Å². The van der Waals surface area contributed by atoms with Gasteiger partial charge in [0, 0.05) is 11.8 Å². The van der Waals surface area contributed by atoms with Crippen molar-refractivity contribution in [3.8, 4) is 11.1 Å². The molecule has 240 valence electrons. The molecule has 2 aromatic carbocycles. The molecule has 4 rings (SSSR count). The predicted molar refractivity (Wildman–Crippen MR) is 150 cm³/mol. The summed E-state index contributed by atoms with van der Waals surface area (Å²) in [4.78, 5) is 40.6. The number of benzene rings is 2. The highest BCUT2D eigenvalue weighted by Gasteiger charge is 2.38. The largest absolute Gasteiger partial charge is 0.490 e. The van der Waals surface area contributed by atoms with Gasteiger partial charge >= 0.3 is 24.3 Å². The van der Waals surface area contributed by atoms with Gasteiger partial charge in [0.2, 0.25) is 0 Å². The van der Waals surface area contributed by atoms with Crippen LogP contribution in [0.5, 0.6) is 0 Å². The number of nitrogens with zero attached hydrogens (tertiary/aromatic N) is 2. The molecule has 0 spiro atoms. The van der Waals surface area contributed by atoms with Gasteiger partial charge in [-0.1, -0.05) is 43.4 Å². The first-order valence-electron chi connectivity index (χ1n) is 12.7. The number of thiazole rings is 1. The average molecular weight is 661 g/mol. The number of aromatic nitrogens is 2. The van der Waals surface area contributed by atoms with Crippen molar-refractivity contribution in [3.05, 3.63) is 71.7 Å². The van der Waals surface area contributed by atoms with E-state index in [0.29, 0.717) is 23.7 Å². The zero-order valence-corrected chi connectivity index (χ0v) is 23.9. The molecule has 1 atom stereocenters. The van der Waals surface area contributed by atoms with Crippen molar-refractivity contribution in [1.82, 2.24) is 15.3 Å². The Labute approximate surface area is 253 Å². The Bertz CT molecular complexity index is 1690. The highest BCUT2D eigenvalue weighted by atomic mass is 32.1. The standard InChI is InChI=1S/C26H22F4N4O3S.C2HF3O2/c1-13(2)9-20(24(36)37)32-23(35)15-5-3-14(4-6-15)16-7-8-19(18(27)10-16)33-25-34-22-21(38-25)11-17(12-31-22)26(28,29)30;3-2(4,5)1(6)7/h3-8,10-13,20H,9H2,1-2H3,(H,32,35)(H,36,37)(H,31,33,34);(H,6,7)/t20-;/m0./s1. The molecule has 4 N–H and O–H groups in total. The number of halogens is 7. The summed E-state index contributed by atoms with van der Waals surface area (Å²) in [5, 5.41) is 21.9. The van der Waals surface area contributed by atoms with Gasteiger partial charge in [-0.2, -0.15) is 31.3 Å². The van der Waals surface area contributed by atoms with E-state index in [1.54, 1.807) is 18.2 Å². The molecule has 0 radical (unpaired) electrons. The second-order valence-corrected chi connectivity index (χ2v) is 10.8. The normalized spacial score (nSPS) is 12.3. The monoisotopic (exact) mass is 660 g/mol. The van der Waals surface area contributed by atoms with Gasteiger partial charge in [0.05, 0.1) is 16.0 Å². The fraction of sp³-hybridized carbons (Fsp3) is 0.250. The summed E-state index contributed by atoms with van der Waals surface area (Å²) in [7, 11) is 0. The smallest absolute Gasteiger partial charge is 0.480 e. The molecule has 0 saturated carbocycles. The number of hydrogen-bond donors (Lipinski definition) is 4. The molecule has 0 unspecified atom stereocenters. The molecule has 0 aliphatic heterocycles. The Balaban J connectivity index is 0.000000707. The van der Waals surface area contributed by atoms with Crippen LogP contribution < -0.4 is 10.6 Å². The third-order valence-electron chi connectivity index (χ3n) is 5.82. The number of carboxylic acid groups (broad SMARTS) is 2. The van der Waals surface area contributed by atoms with Crippen LogP contribution in [0.2, 0.25) is 0 Å². The van der Waals surface area contributed by atoms with E-state index in [-0.39, 0.29) is 32.6 Å². The summed E-state index contributed by atoms with van der Waals surface area (Å²) in [5.74, 6) is -4.93. The number of fused-ring (bicyclic) bond motifs is 1. The van der Waals surface area contributed by atoms with Crippen molar-refractivity contribution in [2.24, 2.45) is 5.92 Å². The first kappa shape index (κ1) is 34.7. The van der Waals surface area contributed by atoms with E-state index in [1.807, 2.05) is 13.8 Å². The second-order valence-electron chi connectivity index (χ2n) is 9.76. The maximum Gasteiger partial charge on any atom is 0.490 e. The summed E-state index contributed by atoms with van der Waals surface area (Å²) < 4.78 is 85.6. The SMILES string of the molecule is CC(C)C[C@H](NC(=O)c1ccc(-c2ccc(Nc3nc4ncc(C(F)(F)F)cc4s3)c(F)c2)cc1)C(=O)O.O=C(O)C(F)(F)F. The van der Waals surface area contributed by atoms with Crippen LogP contribution in [-0.2, 0) is 15.8 Å². The van der Waals surface area contributed by atoms with Gasteiger partial charge in [-0.3, -0.25) is 4.79 Å². The van der Waals surface area contributed by atoms with Crippen LogP contribution in [0.4, 0.5) is 41.6 Å². The number of rotatable bonds is 8. The Morgan fingerprint density at radius 1 is 0.933 bits per heavy atom. The number of anilines is 2. The Kier molecular flexibility index (Phi) is 10.7. The van der Waals surface area contributed by atoms with Crippen LogP contribution in [0.25, 0.3) is 21.5 Å². The molecule has 0 fully saturated rings. The first-order chi connectivity index (χ1) is 20.8. The zero-order valence-electron chi connectivity index (χ0n) is 23.1. The number of carbonyl (C=O) groups is 3. The minimum atomic E-state index is -5.08.